The van der Waals surface area contributed by atoms with E-state index in [-0.39, 0.29) is 11.8 Å². The van der Waals surface area contributed by atoms with E-state index in [9.17, 15) is 9.90 Å². The standard InChI is InChI=1S/C9H17NO2/c1-7(2)8(11)9(12)10-5-3-4-6-10/h7-8,11H,3-6H2,1-2H3/t8-/m1/s1. The summed E-state index contributed by atoms with van der Waals surface area (Å²) in [7, 11) is 0. The highest BCUT2D eigenvalue weighted by Crippen LogP contribution is 2.12. The van der Waals surface area contributed by atoms with E-state index in [2.05, 4.69) is 0 Å². The van der Waals surface area contributed by atoms with Gasteiger partial charge in [-0.05, 0) is 18.8 Å². The SMILES string of the molecule is CC(C)[C@@H](O)C(=O)N1CCCC1. The lowest BCUT2D eigenvalue weighted by molar-refractivity contribution is -0.141. The van der Waals surface area contributed by atoms with Crippen molar-refractivity contribution in [3.8, 4) is 0 Å². The number of hydrogen-bond donors (Lipinski definition) is 1. The van der Waals surface area contributed by atoms with Gasteiger partial charge in [0.25, 0.3) is 5.91 Å². The maximum Gasteiger partial charge on any atom is 0.251 e. The number of amides is 1. The first-order valence-corrected chi connectivity index (χ1v) is 4.60. The van der Waals surface area contributed by atoms with Gasteiger partial charge in [0, 0.05) is 13.1 Å². The Hall–Kier alpha value is -0.570. The number of nitrogens with zero attached hydrogens (tertiary/aromatic N) is 1. The molecule has 0 unspecified atom stereocenters. The van der Waals surface area contributed by atoms with Crippen LogP contribution in [0.1, 0.15) is 26.7 Å². The van der Waals surface area contributed by atoms with Crippen LogP contribution >= 0.6 is 0 Å². The quantitative estimate of drug-likeness (QED) is 0.662. The first-order valence-electron chi connectivity index (χ1n) is 4.60. The van der Waals surface area contributed by atoms with E-state index < -0.39 is 6.10 Å². The van der Waals surface area contributed by atoms with E-state index >= 15 is 0 Å². The zero-order valence-corrected chi connectivity index (χ0v) is 7.79. The molecule has 0 saturated carbocycles. The molecule has 1 amide bonds. The van der Waals surface area contributed by atoms with Crippen LogP contribution < -0.4 is 0 Å². The van der Waals surface area contributed by atoms with Gasteiger partial charge in [0.1, 0.15) is 6.10 Å². The molecular formula is C9H17NO2. The monoisotopic (exact) mass is 171 g/mol. The predicted molar refractivity (Wildman–Crippen MR) is 46.7 cm³/mol. The molecule has 1 saturated heterocycles. The predicted octanol–water partition coefficient (Wildman–Crippen LogP) is 0.626. The third kappa shape index (κ3) is 1.97. The second-order valence-corrected chi connectivity index (χ2v) is 3.72. The lowest BCUT2D eigenvalue weighted by atomic mass is 10.1. The summed E-state index contributed by atoms with van der Waals surface area (Å²) in [6, 6.07) is 0. The van der Waals surface area contributed by atoms with Crippen LogP contribution in [-0.4, -0.2) is 35.1 Å². The highest BCUT2D eigenvalue weighted by molar-refractivity contribution is 5.81. The van der Waals surface area contributed by atoms with Crippen molar-refractivity contribution in [3.05, 3.63) is 0 Å². The lowest BCUT2D eigenvalue weighted by Crippen LogP contribution is -2.39. The Morgan fingerprint density at radius 2 is 1.83 bits per heavy atom. The average Bonchev–Trinajstić information content (AvgIpc) is 2.53. The Labute approximate surface area is 73.4 Å². The van der Waals surface area contributed by atoms with Gasteiger partial charge in [0.15, 0.2) is 0 Å². The highest BCUT2D eigenvalue weighted by Gasteiger charge is 2.26. The molecule has 1 N–H and O–H groups in total. The Bertz CT molecular complexity index is 158. The number of rotatable bonds is 2. The molecule has 0 radical (unpaired) electrons. The van der Waals surface area contributed by atoms with Crippen LogP contribution in [0.15, 0.2) is 0 Å². The van der Waals surface area contributed by atoms with E-state index in [0.29, 0.717) is 0 Å². The van der Waals surface area contributed by atoms with Gasteiger partial charge in [-0.15, -0.1) is 0 Å². The largest absolute Gasteiger partial charge is 0.383 e. The van der Waals surface area contributed by atoms with E-state index in [4.69, 9.17) is 0 Å². The van der Waals surface area contributed by atoms with Gasteiger partial charge < -0.3 is 10.0 Å². The van der Waals surface area contributed by atoms with Crippen molar-refractivity contribution in [1.29, 1.82) is 0 Å². The van der Waals surface area contributed by atoms with Crippen LogP contribution in [0.5, 0.6) is 0 Å². The summed E-state index contributed by atoms with van der Waals surface area (Å²) in [6.45, 7) is 5.36. The average molecular weight is 171 g/mol. The number of carbonyl (C=O) groups is 1. The summed E-state index contributed by atoms with van der Waals surface area (Å²) in [5.41, 5.74) is 0. The van der Waals surface area contributed by atoms with Gasteiger partial charge in [-0.1, -0.05) is 13.8 Å². The topological polar surface area (TPSA) is 40.5 Å². The van der Waals surface area contributed by atoms with E-state index in [1.807, 2.05) is 13.8 Å². The van der Waals surface area contributed by atoms with Crippen LogP contribution in [0.3, 0.4) is 0 Å². The van der Waals surface area contributed by atoms with Crippen LogP contribution in [0.25, 0.3) is 0 Å². The first kappa shape index (κ1) is 9.52. The summed E-state index contributed by atoms with van der Waals surface area (Å²) in [4.78, 5) is 13.2. The van der Waals surface area contributed by atoms with Crippen molar-refractivity contribution >= 4 is 5.91 Å². The highest BCUT2D eigenvalue weighted by atomic mass is 16.3. The van der Waals surface area contributed by atoms with Crippen LogP contribution in [-0.2, 0) is 4.79 Å². The van der Waals surface area contributed by atoms with Gasteiger partial charge >= 0.3 is 0 Å². The fourth-order valence-electron chi connectivity index (χ4n) is 1.41. The first-order chi connectivity index (χ1) is 5.63. The molecule has 1 fully saturated rings. The van der Waals surface area contributed by atoms with E-state index in [1.54, 1.807) is 4.90 Å². The van der Waals surface area contributed by atoms with Gasteiger partial charge in [-0.3, -0.25) is 4.79 Å². The molecule has 1 heterocycles. The Morgan fingerprint density at radius 3 is 2.25 bits per heavy atom. The molecule has 1 aliphatic rings. The maximum absolute atomic E-state index is 11.5. The molecule has 0 bridgehead atoms. The van der Waals surface area contributed by atoms with E-state index in [0.717, 1.165) is 25.9 Å². The second kappa shape index (κ2) is 3.90. The molecule has 12 heavy (non-hydrogen) atoms. The Balaban J connectivity index is 2.45. The zero-order valence-electron chi connectivity index (χ0n) is 7.79. The molecule has 70 valence electrons. The summed E-state index contributed by atoms with van der Waals surface area (Å²) >= 11 is 0. The molecule has 0 aromatic rings. The van der Waals surface area contributed by atoms with Gasteiger partial charge in [0.05, 0.1) is 0 Å². The second-order valence-electron chi connectivity index (χ2n) is 3.72. The molecule has 0 spiro atoms. The molecule has 3 heteroatoms. The summed E-state index contributed by atoms with van der Waals surface area (Å²) in [5, 5.41) is 9.46. The van der Waals surface area contributed by atoms with Crippen molar-refractivity contribution < 1.29 is 9.90 Å². The Morgan fingerprint density at radius 1 is 1.33 bits per heavy atom. The molecule has 0 aliphatic carbocycles. The Kier molecular flexibility index (Phi) is 3.09. The summed E-state index contributed by atoms with van der Waals surface area (Å²) in [5.74, 6) is -0.0689. The molecular weight excluding hydrogens is 154 g/mol. The number of aliphatic hydroxyl groups excluding tert-OH is 1. The third-order valence-electron chi connectivity index (χ3n) is 2.30. The van der Waals surface area contributed by atoms with E-state index in [1.165, 1.54) is 0 Å². The summed E-state index contributed by atoms with van der Waals surface area (Å²) in [6.07, 6.45) is 1.36. The number of hydrogen-bond acceptors (Lipinski definition) is 2. The molecule has 0 aromatic heterocycles. The fraction of sp³-hybridized carbons (Fsp3) is 0.889. The third-order valence-corrected chi connectivity index (χ3v) is 2.30. The fourth-order valence-corrected chi connectivity index (χ4v) is 1.41. The normalized spacial score (nSPS) is 20.2. The van der Waals surface area contributed by atoms with Gasteiger partial charge in [-0.25, -0.2) is 0 Å². The van der Waals surface area contributed by atoms with Gasteiger partial charge in [-0.2, -0.15) is 0 Å². The van der Waals surface area contributed by atoms with Crippen molar-refractivity contribution in [3.63, 3.8) is 0 Å². The lowest BCUT2D eigenvalue weighted by Gasteiger charge is -2.21. The summed E-state index contributed by atoms with van der Waals surface area (Å²) < 4.78 is 0. The zero-order chi connectivity index (χ0) is 9.14. The molecule has 1 aliphatic heterocycles. The molecule has 1 atom stereocenters. The minimum Gasteiger partial charge on any atom is -0.383 e. The minimum absolute atomic E-state index is 0.0260. The van der Waals surface area contributed by atoms with Crippen LogP contribution in [0.2, 0.25) is 0 Å². The van der Waals surface area contributed by atoms with Gasteiger partial charge in [0.2, 0.25) is 0 Å². The van der Waals surface area contributed by atoms with Crippen LogP contribution in [0, 0.1) is 5.92 Å². The molecule has 0 aromatic carbocycles. The van der Waals surface area contributed by atoms with Crippen LogP contribution in [0.4, 0.5) is 0 Å². The van der Waals surface area contributed by atoms with Crippen molar-refractivity contribution in [1.82, 2.24) is 4.90 Å². The number of likely N-dealkylation sites (tertiary alicyclic amines) is 1. The van der Waals surface area contributed by atoms with Crippen molar-refractivity contribution in [2.24, 2.45) is 5.92 Å². The smallest absolute Gasteiger partial charge is 0.251 e. The number of aliphatic hydroxyl groups is 1. The minimum atomic E-state index is -0.803. The molecule has 3 nitrogen and oxygen atoms in total. The molecule has 1 rings (SSSR count). The van der Waals surface area contributed by atoms with Crippen molar-refractivity contribution in [2.75, 3.05) is 13.1 Å². The van der Waals surface area contributed by atoms with Crippen molar-refractivity contribution in [2.45, 2.75) is 32.8 Å². The number of carbonyl (C=O) groups excluding carboxylic acids is 1. The maximum atomic E-state index is 11.5.